The molecule has 8 nitrogen and oxygen atoms in total. The molecular weight excluding hydrogens is 348 g/mol. The number of hydrogen-bond acceptors (Lipinski definition) is 7. The summed E-state index contributed by atoms with van der Waals surface area (Å²) in [5.74, 6) is 1.93. The molecule has 2 aromatic rings. The van der Waals surface area contributed by atoms with Gasteiger partial charge in [-0.1, -0.05) is 0 Å². The van der Waals surface area contributed by atoms with Gasteiger partial charge >= 0.3 is 0 Å². The van der Waals surface area contributed by atoms with Crippen LogP contribution in [0.25, 0.3) is 0 Å². The van der Waals surface area contributed by atoms with E-state index in [0.717, 1.165) is 19.4 Å². The highest BCUT2D eigenvalue weighted by Gasteiger charge is 2.27. The van der Waals surface area contributed by atoms with E-state index in [9.17, 15) is 4.79 Å². The molecule has 1 aliphatic heterocycles. The first kappa shape index (κ1) is 18.8. The molecule has 0 aliphatic carbocycles. The molecule has 8 heteroatoms. The molecule has 1 unspecified atom stereocenters. The lowest BCUT2D eigenvalue weighted by Gasteiger charge is -2.32. The number of nitrogens with zero attached hydrogens (tertiary/aromatic N) is 3. The van der Waals surface area contributed by atoms with E-state index < -0.39 is 0 Å². The van der Waals surface area contributed by atoms with E-state index in [2.05, 4.69) is 15.3 Å². The fourth-order valence-electron chi connectivity index (χ4n) is 3.22. The maximum atomic E-state index is 12.8. The van der Waals surface area contributed by atoms with Crippen LogP contribution < -0.4 is 24.4 Å². The second-order valence-electron chi connectivity index (χ2n) is 6.24. The zero-order valence-electron chi connectivity index (χ0n) is 15.8. The fourth-order valence-corrected chi connectivity index (χ4v) is 3.22. The lowest BCUT2D eigenvalue weighted by Crippen LogP contribution is -2.41. The summed E-state index contributed by atoms with van der Waals surface area (Å²) in [6.45, 7) is 1.43. The van der Waals surface area contributed by atoms with Gasteiger partial charge in [0.25, 0.3) is 0 Å². The van der Waals surface area contributed by atoms with Crippen molar-refractivity contribution in [1.82, 2.24) is 9.97 Å². The van der Waals surface area contributed by atoms with E-state index in [-0.39, 0.29) is 11.8 Å². The SMILES string of the molecule is COc1cc(NC(=O)C2CCCN(c3ncccn3)C2)cc(OC)c1OC. The minimum absolute atomic E-state index is 0.0510. The minimum atomic E-state index is -0.151. The zero-order chi connectivity index (χ0) is 19.2. The predicted molar refractivity (Wildman–Crippen MR) is 102 cm³/mol. The first-order valence-electron chi connectivity index (χ1n) is 8.79. The number of amides is 1. The smallest absolute Gasteiger partial charge is 0.229 e. The van der Waals surface area contributed by atoms with Gasteiger partial charge in [-0.25, -0.2) is 9.97 Å². The highest BCUT2D eigenvalue weighted by Crippen LogP contribution is 2.40. The van der Waals surface area contributed by atoms with Crippen LogP contribution in [-0.4, -0.2) is 50.3 Å². The number of methoxy groups -OCH3 is 3. The molecule has 1 aromatic heterocycles. The van der Waals surface area contributed by atoms with Crippen LogP contribution in [0.3, 0.4) is 0 Å². The summed E-state index contributed by atoms with van der Waals surface area (Å²) in [6.07, 6.45) is 5.15. The van der Waals surface area contributed by atoms with Gasteiger partial charge < -0.3 is 24.4 Å². The van der Waals surface area contributed by atoms with Crippen molar-refractivity contribution in [2.75, 3.05) is 44.6 Å². The number of carbonyl (C=O) groups is 1. The van der Waals surface area contributed by atoms with Crippen LogP contribution in [0.15, 0.2) is 30.6 Å². The first-order chi connectivity index (χ1) is 13.2. The first-order valence-corrected chi connectivity index (χ1v) is 8.79. The Balaban J connectivity index is 1.73. The molecule has 1 fully saturated rings. The number of aromatic nitrogens is 2. The van der Waals surface area contributed by atoms with Crippen LogP contribution in [-0.2, 0) is 4.79 Å². The number of rotatable bonds is 6. The second kappa shape index (κ2) is 8.57. The van der Waals surface area contributed by atoms with Crippen molar-refractivity contribution in [1.29, 1.82) is 0 Å². The van der Waals surface area contributed by atoms with E-state index in [1.54, 1.807) is 51.9 Å². The van der Waals surface area contributed by atoms with Crippen molar-refractivity contribution < 1.29 is 19.0 Å². The third kappa shape index (κ3) is 4.21. The average Bonchev–Trinajstić information content (AvgIpc) is 2.73. The summed E-state index contributed by atoms with van der Waals surface area (Å²) in [5.41, 5.74) is 0.600. The monoisotopic (exact) mass is 372 g/mol. The molecule has 1 N–H and O–H groups in total. The quantitative estimate of drug-likeness (QED) is 0.833. The number of benzene rings is 1. The second-order valence-corrected chi connectivity index (χ2v) is 6.24. The van der Waals surface area contributed by atoms with E-state index in [1.165, 1.54) is 0 Å². The number of hydrogen-bond donors (Lipinski definition) is 1. The Morgan fingerprint density at radius 1 is 1.11 bits per heavy atom. The maximum absolute atomic E-state index is 12.8. The lowest BCUT2D eigenvalue weighted by molar-refractivity contribution is -0.120. The van der Waals surface area contributed by atoms with Crippen LogP contribution >= 0.6 is 0 Å². The molecule has 0 radical (unpaired) electrons. The molecule has 2 heterocycles. The van der Waals surface area contributed by atoms with Gasteiger partial charge in [0.2, 0.25) is 17.6 Å². The van der Waals surface area contributed by atoms with E-state index in [4.69, 9.17) is 14.2 Å². The van der Waals surface area contributed by atoms with Crippen molar-refractivity contribution in [3.05, 3.63) is 30.6 Å². The summed E-state index contributed by atoms with van der Waals surface area (Å²) >= 11 is 0. The van der Waals surface area contributed by atoms with E-state index in [0.29, 0.717) is 35.4 Å². The Kier molecular flexibility index (Phi) is 5.95. The Bertz CT molecular complexity index is 760. The minimum Gasteiger partial charge on any atom is -0.493 e. The average molecular weight is 372 g/mol. The molecule has 1 saturated heterocycles. The molecule has 1 atom stereocenters. The van der Waals surface area contributed by atoms with Gasteiger partial charge in [-0.15, -0.1) is 0 Å². The molecule has 27 heavy (non-hydrogen) atoms. The highest BCUT2D eigenvalue weighted by molar-refractivity contribution is 5.93. The molecule has 0 spiro atoms. The summed E-state index contributed by atoms with van der Waals surface area (Å²) in [7, 11) is 4.63. The van der Waals surface area contributed by atoms with Gasteiger partial charge in [-0.2, -0.15) is 0 Å². The molecule has 144 valence electrons. The molecular formula is C19H24N4O4. The standard InChI is InChI=1S/C19H24N4O4/c1-25-15-10-14(11-16(26-2)17(15)27-3)22-18(24)13-6-4-9-23(12-13)19-20-7-5-8-21-19/h5,7-8,10-11,13H,4,6,9,12H2,1-3H3,(H,22,24). The van der Waals surface area contributed by atoms with Crippen molar-refractivity contribution >= 4 is 17.5 Å². The fraction of sp³-hybridized carbons (Fsp3) is 0.421. The van der Waals surface area contributed by atoms with E-state index in [1.807, 2.05) is 4.90 Å². The van der Waals surface area contributed by atoms with Gasteiger partial charge in [0, 0.05) is 43.3 Å². The van der Waals surface area contributed by atoms with Gasteiger partial charge in [0.05, 0.1) is 27.2 Å². The molecule has 3 rings (SSSR count). The largest absolute Gasteiger partial charge is 0.493 e. The predicted octanol–water partition coefficient (Wildman–Crippen LogP) is 2.36. The van der Waals surface area contributed by atoms with Gasteiger partial charge in [-0.3, -0.25) is 4.79 Å². The molecule has 0 bridgehead atoms. The highest BCUT2D eigenvalue weighted by atomic mass is 16.5. The normalized spacial score (nSPS) is 16.6. The van der Waals surface area contributed by atoms with Crippen LogP contribution in [0.5, 0.6) is 17.2 Å². The van der Waals surface area contributed by atoms with Crippen LogP contribution in [0.1, 0.15) is 12.8 Å². The van der Waals surface area contributed by atoms with Crippen LogP contribution in [0, 0.1) is 5.92 Å². The van der Waals surface area contributed by atoms with Crippen LogP contribution in [0.2, 0.25) is 0 Å². The van der Waals surface area contributed by atoms with Crippen molar-refractivity contribution in [3.8, 4) is 17.2 Å². The van der Waals surface area contributed by atoms with Gasteiger partial charge in [0.1, 0.15) is 0 Å². The van der Waals surface area contributed by atoms with Gasteiger partial charge in [-0.05, 0) is 18.9 Å². The third-order valence-electron chi connectivity index (χ3n) is 4.56. The summed E-state index contributed by atoms with van der Waals surface area (Å²) in [5, 5.41) is 2.96. The third-order valence-corrected chi connectivity index (χ3v) is 4.56. The summed E-state index contributed by atoms with van der Waals surface area (Å²) in [4.78, 5) is 23.4. The number of nitrogens with one attached hydrogen (secondary N) is 1. The Morgan fingerprint density at radius 3 is 2.37 bits per heavy atom. The molecule has 1 amide bonds. The van der Waals surface area contributed by atoms with Crippen LogP contribution in [0.4, 0.5) is 11.6 Å². The molecule has 1 aliphatic rings. The van der Waals surface area contributed by atoms with Crippen molar-refractivity contribution in [2.45, 2.75) is 12.8 Å². The number of carbonyl (C=O) groups excluding carboxylic acids is 1. The molecule has 1 aromatic carbocycles. The van der Waals surface area contributed by atoms with Crippen molar-refractivity contribution in [2.24, 2.45) is 5.92 Å². The Morgan fingerprint density at radius 2 is 1.78 bits per heavy atom. The topological polar surface area (TPSA) is 85.8 Å². The zero-order valence-corrected chi connectivity index (χ0v) is 15.8. The number of anilines is 2. The van der Waals surface area contributed by atoms with Crippen molar-refractivity contribution in [3.63, 3.8) is 0 Å². The number of ether oxygens (including phenoxy) is 3. The van der Waals surface area contributed by atoms with Gasteiger partial charge in [0.15, 0.2) is 11.5 Å². The summed E-state index contributed by atoms with van der Waals surface area (Å²) in [6, 6.07) is 5.22. The molecule has 0 saturated carbocycles. The number of piperidine rings is 1. The lowest BCUT2D eigenvalue weighted by atomic mass is 9.97. The Labute approximate surface area is 158 Å². The maximum Gasteiger partial charge on any atom is 0.229 e. The summed E-state index contributed by atoms with van der Waals surface area (Å²) < 4.78 is 16.0. The Hall–Kier alpha value is -3.03. The van der Waals surface area contributed by atoms with E-state index >= 15 is 0 Å².